The summed E-state index contributed by atoms with van der Waals surface area (Å²) in [5.74, 6) is 1.63. The average Bonchev–Trinajstić information content (AvgIpc) is 3.35. The topological polar surface area (TPSA) is 77.9 Å². The van der Waals surface area contributed by atoms with Crippen molar-refractivity contribution in [2.45, 2.75) is 25.7 Å². The van der Waals surface area contributed by atoms with Gasteiger partial charge in [0.1, 0.15) is 17.3 Å². The van der Waals surface area contributed by atoms with Crippen molar-refractivity contribution in [2.24, 2.45) is 17.0 Å². The van der Waals surface area contributed by atoms with Crippen molar-refractivity contribution in [3.05, 3.63) is 64.8 Å². The number of rotatable bonds is 8. The van der Waals surface area contributed by atoms with Gasteiger partial charge in [-0.15, -0.1) is 4.91 Å². The summed E-state index contributed by atoms with van der Waals surface area (Å²) in [5.41, 5.74) is 0.969. The van der Waals surface area contributed by atoms with Crippen LogP contribution in [0.15, 0.2) is 53.7 Å². The molecule has 37 heavy (non-hydrogen) atoms. The second-order valence-electron chi connectivity index (χ2n) is 9.97. The molecule has 2 atom stereocenters. The Kier molecular flexibility index (Phi) is 8.21. The first kappa shape index (κ1) is 25.5. The lowest BCUT2D eigenvalue weighted by molar-refractivity contribution is -0.116. The van der Waals surface area contributed by atoms with Crippen LogP contribution in [0.25, 0.3) is 16.2 Å². The predicted molar refractivity (Wildman–Crippen MR) is 148 cm³/mol. The molecule has 1 aliphatic heterocycles. The number of benzene rings is 2. The summed E-state index contributed by atoms with van der Waals surface area (Å²) >= 11 is 1.36. The van der Waals surface area contributed by atoms with Crippen molar-refractivity contribution >= 4 is 45.1 Å². The summed E-state index contributed by atoms with van der Waals surface area (Å²) in [7, 11) is 0. The molecule has 1 saturated heterocycles. The van der Waals surface area contributed by atoms with Crippen LogP contribution in [0.1, 0.15) is 31.2 Å². The van der Waals surface area contributed by atoms with Gasteiger partial charge in [0.2, 0.25) is 5.91 Å². The van der Waals surface area contributed by atoms with E-state index in [1.165, 1.54) is 42.9 Å². The summed E-state index contributed by atoms with van der Waals surface area (Å²) < 4.78 is 19.1. The number of nitrogens with zero attached hydrogens (tertiary/aromatic N) is 4. The van der Waals surface area contributed by atoms with Crippen LogP contribution in [0.2, 0.25) is 0 Å². The Balaban J connectivity index is 1.12. The van der Waals surface area contributed by atoms with E-state index in [0.29, 0.717) is 29.6 Å². The van der Waals surface area contributed by atoms with Crippen LogP contribution < -0.4 is 10.2 Å². The highest BCUT2D eigenvalue weighted by atomic mass is 32.1. The van der Waals surface area contributed by atoms with Gasteiger partial charge in [-0.25, -0.2) is 4.39 Å². The maximum Gasteiger partial charge on any atom is 0.244 e. The van der Waals surface area contributed by atoms with Crippen molar-refractivity contribution in [2.75, 3.05) is 44.2 Å². The van der Waals surface area contributed by atoms with Crippen molar-refractivity contribution in [1.82, 2.24) is 14.6 Å². The highest BCUT2D eigenvalue weighted by molar-refractivity contribution is 7.13. The number of nitrogens with one attached hydrogen (secondary N) is 1. The Morgan fingerprint density at radius 2 is 1.89 bits per heavy atom. The van der Waals surface area contributed by atoms with E-state index in [1.807, 2.05) is 12.1 Å². The highest BCUT2D eigenvalue weighted by Gasteiger charge is 2.29. The van der Waals surface area contributed by atoms with Gasteiger partial charge in [0.25, 0.3) is 0 Å². The van der Waals surface area contributed by atoms with Crippen LogP contribution in [0.4, 0.5) is 15.9 Å². The standard InChI is InChI=1S/C28H32FN5O2S/c29-23-10-11-24-26(17-23)37-32-28(24)34-15-13-33(14-16-34)19-22-7-2-1-6-21(22)18-30-27(35)12-9-20-5-3-4-8-25(20)31-36/h3-5,8-12,17,21-22H,1-2,6-7,13-16,18-19H2,(H,30,35)/b12-9+/t21-,22-/m0/s1. The molecule has 1 saturated carbocycles. The van der Waals surface area contributed by atoms with Crippen molar-refractivity contribution < 1.29 is 9.18 Å². The zero-order valence-corrected chi connectivity index (χ0v) is 21.6. The van der Waals surface area contributed by atoms with Crippen molar-refractivity contribution in [1.29, 1.82) is 0 Å². The van der Waals surface area contributed by atoms with Crippen LogP contribution in [0, 0.1) is 22.6 Å². The Hall–Kier alpha value is -3.17. The molecule has 2 heterocycles. The molecule has 0 radical (unpaired) electrons. The molecule has 1 aliphatic carbocycles. The molecule has 0 spiro atoms. The first-order chi connectivity index (χ1) is 18.1. The molecular weight excluding hydrogens is 489 g/mol. The lowest BCUT2D eigenvalue weighted by Crippen LogP contribution is -2.49. The van der Waals surface area contributed by atoms with E-state index in [-0.39, 0.29) is 11.7 Å². The van der Waals surface area contributed by atoms with Gasteiger partial charge in [0.15, 0.2) is 0 Å². The fourth-order valence-electron chi connectivity index (χ4n) is 5.56. The molecular formula is C28H32FN5O2S. The molecule has 5 rings (SSSR count). The minimum Gasteiger partial charge on any atom is -0.353 e. The number of hydrogen-bond acceptors (Lipinski definition) is 7. The molecule has 1 aromatic heterocycles. The summed E-state index contributed by atoms with van der Waals surface area (Å²) in [6, 6.07) is 11.9. The average molecular weight is 522 g/mol. The van der Waals surface area contributed by atoms with E-state index >= 15 is 0 Å². The van der Waals surface area contributed by atoms with E-state index in [2.05, 4.69) is 24.7 Å². The zero-order valence-electron chi connectivity index (χ0n) is 20.8. The molecule has 1 N–H and O–H groups in total. The van der Waals surface area contributed by atoms with Crippen LogP contribution in [0.5, 0.6) is 0 Å². The van der Waals surface area contributed by atoms with Gasteiger partial charge >= 0.3 is 0 Å². The SMILES string of the molecule is O=Nc1ccccc1/C=C/C(=O)NC[C@@H]1CCCC[C@H]1CN1CCN(c2nsc3cc(F)ccc23)CC1. The predicted octanol–water partition coefficient (Wildman–Crippen LogP) is 5.59. The Bertz CT molecular complexity index is 1270. The molecule has 194 valence electrons. The monoisotopic (exact) mass is 521 g/mol. The third kappa shape index (κ3) is 6.22. The van der Waals surface area contributed by atoms with Crippen LogP contribution >= 0.6 is 11.5 Å². The van der Waals surface area contributed by atoms with Gasteiger partial charge in [0, 0.05) is 56.3 Å². The molecule has 1 amide bonds. The van der Waals surface area contributed by atoms with E-state index in [0.717, 1.165) is 55.0 Å². The Morgan fingerprint density at radius 1 is 1.11 bits per heavy atom. The first-order valence-electron chi connectivity index (χ1n) is 13.0. The highest BCUT2D eigenvalue weighted by Crippen LogP contribution is 2.33. The van der Waals surface area contributed by atoms with Crippen LogP contribution in [-0.2, 0) is 4.79 Å². The smallest absolute Gasteiger partial charge is 0.244 e. The summed E-state index contributed by atoms with van der Waals surface area (Å²) in [4.78, 5) is 28.3. The van der Waals surface area contributed by atoms with E-state index in [4.69, 9.17) is 0 Å². The Labute approximate surface area is 220 Å². The van der Waals surface area contributed by atoms with Crippen molar-refractivity contribution in [3.8, 4) is 0 Å². The van der Waals surface area contributed by atoms with Crippen LogP contribution in [-0.4, -0.2) is 54.4 Å². The largest absolute Gasteiger partial charge is 0.353 e. The number of nitroso groups, excluding NO2 is 1. The fraction of sp³-hybridized carbons (Fsp3) is 0.429. The van der Waals surface area contributed by atoms with E-state index in [9.17, 15) is 14.1 Å². The normalized spacial score (nSPS) is 20.9. The van der Waals surface area contributed by atoms with E-state index in [1.54, 1.807) is 30.3 Å². The molecule has 0 bridgehead atoms. The summed E-state index contributed by atoms with van der Waals surface area (Å²) in [6.45, 7) is 5.48. The number of anilines is 1. The number of carbonyl (C=O) groups is 1. The quantitative estimate of drug-likeness (QED) is 0.309. The third-order valence-corrected chi connectivity index (χ3v) is 8.43. The minimum atomic E-state index is -0.220. The van der Waals surface area contributed by atoms with Gasteiger partial charge < -0.3 is 10.2 Å². The van der Waals surface area contributed by atoms with E-state index < -0.39 is 0 Å². The number of hydrogen-bond donors (Lipinski definition) is 1. The maximum atomic E-state index is 13.5. The van der Waals surface area contributed by atoms with Gasteiger partial charge in [-0.2, -0.15) is 4.37 Å². The molecule has 7 nitrogen and oxygen atoms in total. The van der Waals surface area contributed by atoms with Crippen LogP contribution in [0.3, 0.4) is 0 Å². The minimum absolute atomic E-state index is 0.144. The van der Waals surface area contributed by atoms with Gasteiger partial charge in [0.05, 0.1) is 4.70 Å². The number of fused-ring (bicyclic) bond motifs is 1. The summed E-state index contributed by atoms with van der Waals surface area (Å²) in [5, 5.41) is 7.12. The number of halogens is 1. The number of aromatic nitrogens is 1. The molecule has 3 aromatic rings. The molecule has 2 aliphatic rings. The second-order valence-corrected chi connectivity index (χ2v) is 10.8. The lowest BCUT2D eigenvalue weighted by Gasteiger charge is -2.40. The molecule has 2 fully saturated rings. The van der Waals surface area contributed by atoms with Gasteiger partial charge in [-0.3, -0.25) is 9.69 Å². The molecule has 2 aromatic carbocycles. The zero-order chi connectivity index (χ0) is 25.6. The lowest BCUT2D eigenvalue weighted by atomic mass is 9.78. The second kappa shape index (κ2) is 11.9. The fourth-order valence-corrected chi connectivity index (χ4v) is 6.38. The maximum absolute atomic E-state index is 13.5. The molecule has 0 unspecified atom stereocenters. The van der Waals surface area contributed by atoms with Gasteiger partial charge in [-0.1, -0.05) is 31.0 Å². The first-order valence-corrected chi connectivity index (χ1v) is 13.8. The summed E-state index contributed by atoms with van der Waals surface area (Å²) in [6.07, 6.45) is 7.90. The molecule has 9 heteroatoms. The third-order valence-electron chi connectivity index (χ3n) is 7.63. The van der Waals surface area contributed by atoms with Gasteiger partial charge in [-0.05, 0) is 71.7 Å². The Morgan fingerprint density at radius 3 is 2.70 bits per heavy atom. The number of piperazine rings is 1. The number of carbonyl (C=O) groups excluding carboxylic acids is 1. The van der Waals surface area contributed by atoms with Crippen molar-refractivity contribution in [3.63, 3.8) is 0 Å². The number of amides is 1.